The van der Waals surface area contributed by atoms with Crippen molar-refractivity contribution in [2.75, 3.05) is 59.7 Å². The van der Waals surface area contributed by atoms with Crippen molar-refractivity contribution < 1.29 is 14.3 Å². The topological polar surface area (TPSA) is 75.2 Å². The van der Waals surface area contributed by atoms with Crippen molar-refractivity contribution in [3.8, 4) is 0 Å². The molecule has 1 atom stereocenters. The summed E-state index contributed by atoms with van der Waals surface area (Å²) in [5, 5.41) is 6.64. The normalized spacial score (nSPS) is 17.8. The van der Waals surface area contributed by atoms with Gasteiger partial charge in [0.15, 0.2) is 5.96 Å². The first-order chi connectivity index (χ1) is 14.3. The highest BCUT2D eigenvalue weighted by atomic mass is 127. The van der Waals surface area contributed by atoms with Crippen LogP contribution in [0.2, 0.25) is 0 Å². The molecule has 30 heavy (non-hydrogen) atoms. The molecule has 1 unspecified atom stereocenters. The molecule has 0 spiro atoms. The lowest BCUT2D eigenvalue weighted by Gasteiger charge is -2.31. The average molecular weight is 530 g/mol. The van der Waals surface area contributed by atoms with Crippen LogP contribution in [0.15, 0.2) is 35.3 Å². The van der Waals surface area contributed by atoms with Crippen LogP contribution < -0.4 is 10.6 Å². The van der Waals surface area contributed by atoms with E-state index in [-0.39, 0.29) is 35.8 Å². The molecule has 1 aromatic rings. The van der Waals surface area contributed by atoms with Crippen LogP contribution in [0, 0.1) is 5.92 Å². The molecule has 0 radical (unpaired) electrons. The molecule has 1 heterocycles. The van der Waals surface area contributed by atoms with Crippen molar-refractivity contribution >= 4 is 35.8 Å². The Morgan fingerprint density at radius 3 is 2.63 bits per heavy atom. The summed E-state index contributed by atoms with van der Waals surface area (Å²) in [7, 11) is 1.75. The summed E-state index contributed by atoms with van der Waals surface area (Å²) < 4.78 is 11.1. The highest BCUT2D eigenvalue weighted by Gasteiger charge is 2.27. The molecule has 3 rings (SSSR count). The number of ether oxygens (including phenoxy) is 2. The monoisotopic (exact) mass is 530 g/mol. The molecule has 8 heteroatoms. The van der Waals surface area contributed by atoms with Gasteiger partial charge in [0.2, 0.25) is 5.91 Å². The maximum absolute atomic E-state index is 13.1. The first-order valence-electron chi connectivity index (χ1n) is 10.7. The Morgan fingerprint density at radius 1 is 1.23 bits per heavy atom. The molecule has 168 valence electrons. The number of rotatable bonds is 10. The van der Waals surface area contributed by atoms with Gasteiger partial charge in [0.05, 0.1) is 19.1 Å². The number of halogens is 1. The van der Waals surface area contributed by atoms with Crippen LogP contribution in [0.5, 0.6) is 0 Å². The Bertz CT molecular complexity index is 649. The van der Waals surface area contributed by atoms with Crippen LogP contribution in [0.4, 0.5) is 0 Å². The molecule has 7 nitrogen and oxygen atoms in total. The van der Waals surface area contributed by atoms with Gasteiger partial charge in [-0.15, -0.1) is 24.0 Å². The summed E-state index contributed by atoms with van der Waals surface area (Å²) in [6.45, 7) is 5.46. The second kappa shape index (κ2) is 13.8. The quantitative estimate of drug-likeness (QED) is 0.210. The number of nitrogens with one attached hydrogen (secondary N) is 2. The van der Waals surface area contributed by atoms with E-state index in [1.54, 1.807) is 7.05 Å². The summed E-state index contributed by atoms with van der Waals surface area (Å²) in [6.07, 6.45) is 3.57. The second-order valence-corrected chi connectivity index (χ2v) is 7.65. The van der Waals surface area contributed by atoms with E-state index >= 15 is 0 Å². The lowest BCUT2D eigenvalue weighted by Crippen LogP contribution is -2.47. The summed E-state index contributed by atoms with van der Waals surface area (Å²) in [6, 6.07) is 9.95. The average Bonchev–Trinajstić information content (AvgIpc) is 3.60. The molecule has 0 aromatic heterocycles. The molecule has 2 fully saturated rings. The van der Waals surface area contributed by atoms with Crippen molar-refractivity contribution in [1.29, 1.82) is 0 Å². The molecule has 1 aromatic carbocycles. The van der Waals surface area contributed by atoms with Gasteiger partial charge in [-0.25, -0.2) is 0 Å². The number of aliphatic imine (C=N–C) groups is 1. The van der Waals surface area contributed by atoms with Crippen LogP contribution in [-0.4, -0.2) is 76.4 Å². The zero-order valence-electron chi connectivity index (χ0n) is 17.8. The number of guanidine groups is 1. The Morgan fingerprint density at radius 2 is 1.97 bits per heavy atom. The highest BCUT2D eigenvalue weighted by Crippen LogP contribution is 2.28. The molecule has 1 amide bonds. The Hall–Kier alpha value is -1.39. The minimum absolute atomic E-state index is 0. The fraction of sp³-hybridized carbons (Fsp3) is 0.636. The van der Waals surface area contributed by atoms with E-state index in [1.165, 1.54) is 12.8 Å². The van der Waals surface area contributed by atoms with Crippen LogP contribution in [-0.2, 0) is 14.3 Å². The first-order valence-corrected chi connectivity index (χ1v) is 10.7. The van der Waals surface area contributed by atoms with E-state index in [0.29, 0.717) is 38.8 Å². The van der Waals surface area contributed by atoms with Gasteiger partial charge in [0.25, 0.3) is 0 Å². The number of benzene rings is 1. The number of morpholine rings is 1. The van der Waals surface area contributed by atoms with Gasteiger partial charge in [0, 0.05) is 46.4 Å². The summed E-state index contributed by atoms with van der Waals surface area (Å²) in [4.78, 5) is 19.3. The number of nitrogens with zero attached hydrogens (tertiary/aromatic N) is 2. The Kier molecular flexibility index (Phi) is 11.5. The number of hydrogen-bond acceptors (Lipinski definition) is 4. The Balaban J connectivity index is 0.00000320. The summed E-state index contributed by atoms with van der Waals surface area (Å²) in [5.74, 6) is 1.39. The minimum Gasteiger partial charge on any atom is -0.381 e. The van der Waals surface area contributed by atoms with Gasteiger partial charge in [-0.3, -0.25) is 9.79 Å². The van der Waals surface area contributed by atoms with E-state index in [1.807, 2.05) is 35.2 Å². The maximum Gasteiger partial charge on any atom is 0.232 e. The van der Waals surface area contributed by atoms with Crippen molar-refractivity contribution in [3.63, 3.8) is 0 Å². The van der Waals surface area contributed by atoms with Crippen LogP contribution in [0.3, 0.4) is 0 Å². The smallest absolute Gasteiger partial charge is 0.232 e. The molecule has 1 aliphatic heterocycles. The summed E-state index contributed by atoms with van der Waals surface area (Å²) in [5.41, 5.74) is 1.01. The zero-order chi connectivity index (χ0) is 20.3. The highest BCUT2D eigenvalue weighted by molar-refractivity contribution is 14.0. The second-order valence-electron chi connectivity index (χ2n) is 7.65. The standard InChI is InChI=1S/C22H34N4O3.HI/c1-23-22(24-10-5-13-29-17-18-8-9-18)25-16-20(19-6-3-2-4-7-19)21(27)26-11-14-28-15-12-26;/h2-4,6-7,18,20H,5,8-17H2,1H3,(H2,23,24,25);1H. The fourth-order valence-electron chi connectivity index (χ4n) is 3.37. The predicted molar refractivity (Wildman–Crippen MR) is 130 cm³/mol. The summed E-state index contributed by atoms with van der Waals surface area (Å²) >= 11 is 0. The fourth-order valence-corrected chi connectivity index (χ4v) is 3.37. The predicted octanol–water partition coefficient (Wildman–Crippen LogP) is 2.23. The van der Waals surface area contributed by atoms with E-state index in [0.717, 1.165) is 37.7 Å². The number of carbonyl (C=O) groups excluding carboxylic acids is 1. The van der Waals surface area contributed by atoms with Gasteiger partial charge in [-0.05, 0) is 30.7 Å². The van der Waals surface area contributed by atoms with E-state index in [2.05, 4.69) is 15.6 Å². The minimum atomic E-state index is -0.255. The van der Waals surface area contributed by atoms with Gasteiger partial charge in [-0.1, -0.05) is 30.3 Å². The SMILES string of the molecule is CN=C(NCCCOCC1CC1)NCC(C(=O)N1CCOCC1)c1ccccc1.I. The number of amides is 1. The molecule has 0 bridgehead atoms. The number of hydrogen-bond donors (Lipinski definition) is 2. The van der Waals surface area contributed by atoms with Crippen LogP contribution in [0.1, 0.15) is 30.7 Å². The van der Waals surface area contributed by atoms with Crippen molar-refractivity contribution in [2.24, 2.45) is 10.9 Å². The third kappa shape index (κ3) is 8.39. The van der Waals surface area contributed by atoms with Crippen LogP contribution >= 0.6 is 24.0 Å². The van der Waals surface area contributed by atoms with E-state index in [9.17, 15) is 4.79 Å². The number of carbonyl (C=O) groups is 1. The molecular formula is C22H35IN4O3. The largest absolute Gasteiger partial charge is 0.381 e. The Labute approximate surface area is 197 Å². The third-order valence-corrected chi connectivity index (χ3v) is 5.33. The van der Waals surface area contributed by atoms with Gasteiger partial charge < -0.3 is 25.0 Å². The van der Waals surface area contributed by atoms with Crippen LogP contribution in [0.25, 0.3) is 0 Å². The molecule has 1 saturated heterocycles. The molecular weight excluding hydrogens is 495 g/mol. The zero-order valence-corrected chi connectivity index (χ0v) is 20.2. The van der Waals surface area contributed by atoms with E-state index < -0.39 is 0 Å². The molecule has 2 aliphatic rings. The van der Waals surface area contributed by atoms with Gasteiger partial charge in [0.1, 0.15) is 0 Å². The third-order valence-electron chi connectivity index (χ3n) is 5.33. The van der Waals surface area contributed by atoms with Crippen molar-refractivity contribution in [3.05, 3.63) is 35.9 Å². The maximum atomic E-state index is 13.1. The lowest BCUT2D eigenvalue weighted by atomic mass is 9.97. The van der Waals surface area contributed by atoms with Crippen molar-refractivity contribution in [2.45, 2.75) is 25.2 Å². The van der Waals surface area contributed by atoms with E-state index in [4.69, 9.17) is 9.47 Å². The molecule has 1 aliphatic carbocycles. The van der Waals surface area contributed by atoms with Crippen molar-refractivity contribution in [1.82, 2.24) is 15.5 Å². The van der Waals surface area contributed by atoms with Gasteiger partial charge >= 0.3 is 0 Å². The lowest BCUT2D eigenvalue weighted by molar-refractivity contribution is -0.136. The molecule has 1 saturated carbocycles. The molecule has 2 N–H and O–H groups in total. The van der Waals surface area contributed by atoms with Gasteiger partial charge in [-0.2, -0.15) is 0 Å². The first kappa shape index (κ1) is 24.9.